The standard InChI is InChI=1S/C13H17BrClNS/c1-17-13-4-2-3-12(13)16-8-9-5-6-10(14)7-11(9)15/h5-7,12-13,16H,2-4,8H2,1H3. The Morgan fingerprint density at radius 3 is 3.00 bits per heavy atom. The van der Waals surface area contributed by atoms with Crippen molar-refractivity contribution in [3.63, 3.8) is 0 Å². The average Bonchev–Trinajstić information content (AvgIpc) is 2.75. The Bertz CT molecular complexity index is 386. The Morgan fingerprint density at radius 1 is 1.47 bits per heavy atom. The molecule has 0 saturated heterocycles. The Kier molecular flexibility index (Phi) is 5.22. The van der Waals surface area contributed by atoms with Crippen molar-refractivity contribution in [1.82, 2.24) is 5.32 Å². The Morgan fingerprint density at radius 2 is 2.29 bits per heavy atom. The first-order valence-electron chi connectivity index (χ1n) is 5.91. The van der Waals surface area contributed by atoms with Crippen LogP contribution in [0, 0.1) is 0 Å². The van der Waals surface area contributed by atoms with Crippen molar-refractivity contribution in [3.8, 4) is 0 Å². The molecule has 0 bridgehead atoms. The predicted octanol–water partition coefficient (Wildman–Crippen LogP) is 4.48. The highest BCUT2D eigenvalue weighted by Crippen LogP contribution is 2.29. The van der Waals surface area contributed by atoms with Gasteiger partial charge in [-0.3, -0.25) is 0 Å². The molecule has 0 radical (unpaired) electrons. The molecule has 1 N–H and O–H groups in total. The van der Waals surface area contributed by atoms with Crippen LogP contribution in [0.4, 0.5) is 0 Å². The highest BCUT2D eigenvalue weighted by atomic mass is 79.9. The Balaban J connectivity index is 1.93. The van der Waals surface area contributed by atoms with E-state index >= 15 is 0 Å². The van der Waals surface area contributed by atoms with Crippen molar-refractivity contribution in [3.05, 3.63) is 33.3 Å². The summed E-state index contributed by atoms with van der Waals surface area (Å²) >= 11 is 11.6. The molecule has 2 rings (SSSR count). The fourth-order valence-electron chi connectivity index (χ4n) is 2.35. The zero-order chi connectivity index (χ0) is 12.3. The van der Waals surface area contributed by atoms with Crippen molar-refractivity contribution >= 4 is 39.3 Å². The fraction of sp³-hybridized carbons (Fsp3) is 0.538. The minimum Gasteiger partial charge on any atom is -0.309 e. The summed E-state index contributed by atoms with van der Waals surface area (Å²) in [5.74, 6) is 0. The third-order valence-corrected chi connectivity index (χ3v) is 5.34. The van der Waals surface area contributed by atoms with Crippen molar-refractivity contribution in [2.75, 3.05) is 6.26 Å². The monoisotopic (exact) mass is 333 g/mol. The molecule has 4 heteroatoms. The molecule has 0 amide bonds. The van der Waals surface area contributed by atoms with Gasteiger partial charge in [-0.15, -0.1) is 0 Å². The van der Waals surface area contributed by atoms with E-state index in [1.54, 1.807) is 0 Å². The van der Waals surface area contributed by atoms with Gasteiger partial charge in [0.25, 0.3) is 0 Å². The molecule has 17 heavy (non-hydrogen) atoms. The summed E-state index contributed by atoms with van der Waals surface area (Å²) in [5.41, 5.74) is 1.18. The van der Waals surface area contributed by atoms with Gasteiger partial charge in [0, 0.05) is 27.3 Å². The minimum atomic E-state index is 0.643. The second-order valence-corrected chi connectivity index (χ2v) is 6.83. The van der Waals surface area contributed by atoms with Crippen LogP contribution in [0.1, 0.15) is 24.8 Å². The summed E-state index contributed by atoms with van der Waals surface area (Å²) in [7, 11) is 0. The lowest BCUT2D eigenvalue weighted by Gasteiger charge is -2.19. The van der Waals surface area contributed by atoms with Crippen LogP contribution in [0.5, 0.6) is 0 Å². The molecule has 1 saturated carbocycles. The maximum atomic E-state index is 6.21. The molecule has 1 fully saturated rings. The largest absolute Gasteiger partial charge is 0.309 e. The summed E-state index contributed by atoms with van der Waals surface area (Å²) in [6.45, 7) is 0.869. The smallest absolute Gasteiger partial charge is 0.0462 e. The number of hydrogen-bond acceptors (Lipinski definition) is 2. The SMILES string of the molecule is CSC1CCCC1NCc1ccc(Br)cc1Cl. The highest BCUT2D eigenvalue weighted by molar-refractivity contribution is 9.10. The maximum Gasteiger partial charge on any atom is 0.0462 e. The van der Waals surface area contributed by atoms with Gasteiger partial charge in [0.05, 0.1) is 0 Å². The van der Waals surface area contributed by atoms with Gasteiger partial charge in [0.2, 0.25) is 0 Å². The lowest BCUT2D eigenvalue weighted by molar-refractivity contribution is 0.532. The van der Waals surface area contributed by atoms with E-state index in [4.69, 9.17) is 11.6 Å². The molecule has 1 aromatic carbocycles. The molecule has 2 atom stereocenters. The molecule has 0 spiro atoms. The molecular weight excluding hydrogens is 318 g/mol. The number of halogens is 2. The van der Waals surface area contributed by atoms with E-state index in [1.165, 1.54) is 24.8 Å². The van der Waals surface area contributed by atoms with Crippen molar-refractivity contribution < 1.29 is 0 Å². The first-order chi connectivity index (χ1) is 8.20. The van der Waals surface area contributed by atoms with Gasteiger partial charge in [0.15, 0.2) is 0 Å². The molecule has 94 valence electrons. The molecular formula is C13H17BrClNS. The highest BCUT2D eigenvalue weighted by Gasteiger charge is 2.25. The first-order valence-corrected chi connectivity index (χ1v) is 8.36. The van der Waals surface area contributed by atoms with E-state index < -0.39 is 0 Å². The summed E-state index contributed by atoms with van der Waals surface area (Å²) in [6, 6.07) is 6.73. The van der Waals surface area contributed by atoms with E-state index in [0.29, 0.717) is 6.04 Å². The van der Waals surface area contributed by atoms with Gasteiger partial charge in [-0.05, 0) is 36.8 Å². The van der Waals surface area contributed by atoms with Crippen molar-refractivity contribution in [2.24, 2.45) is 0 Å². The summed E-state index contributed by atoms with van der Waals surface area (Å²) in [4.78, 5) is 0. The van der Waals surface area contributed by atoms with Gasteiger partial charge in [-0.2, -0.15) is 11.8 Å². The third-order valence-electron chi connectivity index (χ3n) is 3.33. The zero-order valence-electron chi connectivity index (χ0n) is 9.88. The summed E-state index contributed by atoms with van der Waals surface area (Å²) < 4.78 is 1.04. The molecule has 2 unspecified atom stereocenters. The number of benzene rings is 1. The lowest BCUT2D eigenvalue weighted by Crippen LogP contribution is -2.33. The third kappa shape index (κ3) is 3.63. The van der Waals surface area contributed by atoms with Crippen molar-refractivity contribution in [1.29, 1.82) is 0 Å². The van der Waals surface area contributed by atoms with Crippen LogP contribution in [0.15, 0.2) is 22.7 Å². The molecule has 1 aliphatic carbocycles. The molecule has 1 nitrogen and oxygen atoms in total. The van der Waals surface area contributed by atoms with Gasteiger partial charge < -0.3 is 5.32 Å². The molecule has 1 aliphatic rings. The zero-order valence-corrected chi connectivity index (χ0v) is 13.0. The van der Waals surface area contributed by atoms with E-state index in [9.17, 15) is 0 Å². The lowest BCUT2D eigenvalue weighted by atomic mass is 10.2. The van der Waals surface area contributed by atoms with Crippen LogP contribution < -0.4 is 5.32 Å². The van der Waals surface area contributed by atoms with E-state index in [1.807, 2.05) is 23.9 Å². The number of thioether (sulfide) groups is 1. The van der Waals surface area contributed by atoms with Crippen LogP contribution in [0.3, 0.4) is 0 Å². The van der Waals surface area contributed by atoms with Crippen LogP contribution in [0.2, 0.25) is 5.02 Å². The topological polar surface area (TPSA) is 12.0 Å². The number of rotatable bonds is 4. The summed E-state index contributed by atoms with van der Waals surface area (Å²) in [5, 5.41) is 5.24. The van der Waals surface area contributed by atoms with E-state index in [0.717, 1.165) is 21.3 Å². The summed E-state index contributed by atoms with van der Waals surface area (Å²) in [6.07, 6.45) is 6.18. The van der Waals surface area contributed by atoms with Gasteiger partial charge in [-0.25, -0.2) is 0 Å². The molecule has 0 heterocycles. The van der Waals surface area contributed by atoms with Crippen LogP contribution in [-0.2, 0) is 6.54 Å². The molecule has 0 aliphatic heterocycles. The van der Waals surface area contributed by atoms with Gasteiger partial charge >= 0.3 is 0 Å². The predicted molar refractivity (Wildman–Crippen MR) is 80.9 cm³/mol. The maximum absolute atomic E-state index is 6.21. The second-order valence-electron chi connectivity index (χ2n) is 4.43. The van der Waals surface area contributed by atoms with Gasteiger partial charge in [0.1, 0.15) is 0 Å². The number of nitrogens with one attached hydrogen (secondary N) is 1. The normalized spacial score (nSPS) is 24.2. The molecule has 0 aromatic heterocycles. The second kappa shape index (κ2) is 6.46. The van der Waals surface area contributed by atoms with Crippen LogP contribution in [-0.4, -0.2) is 17.5 Å². The van der Waals surface area contributed by atoms with E-state index in [2.05, 4.69) is 33.6 Å². The van der Waals surface area contributed by atoms with Crippen LogP contribution in [0.25, 0.3) is 0 Å². The molecule has 1 aromatic rings. The number of hydrogen-bond donors (Lipinski definition) is 1. The fourth-order valence-corrected chi connectivity index (χ4v) is 4.05. The minimum absolute atomic E-state index is 0.643. The Hall–Kier alpha value is 0.300. The van der Waals surface area contributed by atoms with Crippen molar-refractivity contribution in [2.45, 2.75) is 37.1 Å². The van der Waals surface area contributed by atoms with Gasteiger partial charge in [-0.1, -0.05) is 40.0 Å². The first kappa shape index (κ1) is 13.7. The van der Waals surface area contributed by atoms with Crippen LogP contribution >= 0.6 is 39.3 Å². The average molecular weight is 335 g/mol. The Labute approximate surface area is 121 Å². The quantitative estimate of drug-likeness (QED) is 0.871. The van der Waals surface area contributed by atoms with E-state index in [-0.39, 0.29) is 0 Å².